The lowest BCUT2D eigenvalue weighted by Crippen LogP contribution is -2.41. The van der Waals surface area contributed by atoms with E-state index in [4.69, 9.17) is 4.74 Å². The second kappa shape index (κ2) is 10.4. The predicted octanol–water partition coefficient (Wildman–Crippen LogP) is 2.81. The summed E-state index contributed by atoms with van der Waals surface area (Å²) in [4.78, 5) is 16.1. The monoisotopic (exact) mass is 408 g/mol. The summed E-state index contributed by atoms with van der Waals surface area (Å²) in [5.41, 5.74) is 0.528. The number of carbonyl (C=O) groups is 1. The molecule has 2 rings (SSSR count). The van der Waals surface area contributed by atoms with Crippen LogP contribution in [0.4, 0.5) is 13.2 Å². The molecule has 0 unspecified atom stereocenters. The van der Waals surface area contributed by atoms with Crippen LogP contribution in [0.15, 0.2) is 53.5 Å². The van der Waals surface area contributed by atoms with Crippen LogP contribution in [0.5, 0.6) is 5.75 Å². The zero-order chi connectivity index (χ0) is 21.3. The number of nitrogens with one attached hydrogen (secondary N) is 3. The molecule has 0 aliphatic heterocycles. The number of carbonyl (C=O) groups excluding carboxylic acids is 1. The standard InChI is InChI=1S/C20H23F3N4O2/c1-24-19(27-13-14-3-7-16(8-4-14)20(21,22)23)26-12-11-25-18(28)15-5-9-17(29-2)10-6-15/h3-10H,11-13H2,1-2H3,(H,25,28)(H2,24,26,27). The molecule has 156 valence electrons. The maximum Gasteiger partial charge on any atom is 0.416 e. The molecule has 0 heterocycles. The van der Waals surface area contributed by atoms with Gasteiger partial charge in [-0.2, -0.15) is 13.2 Å². The number of amides is 1. The lowest BCUT2D eigenvalue weighted by Gasteiger charge is -2.13. The molecule has 3 N–H and O–H groups in total. The Morgan fingerprint density at radius 2 is 1.59 bits per heavy atom. The minimum absolute atomic E-state index is 0.206. The highest BCUT2D eigenvalue weighted by Gasteiger charge is 2.29. The molecule has 0 saturated carbocycles. The first-order valence-corrected chi connectivity index (χ1v) is 8.86. The molecule has 0 fully saturated rings. The summed E-state index contributed by atoms with van der Waals surface area (Å²) in [6, 6.07) is 11.7. The molecule has 2 aromatic carbocycles. The van der Waals surface area contributed by atoms with Crippen molar-refractivity contribution in [3.05, 3.63) is 65.2 Å². The molecule has 0 atom stereocenters. The first-order valence-electron chi connectivity index (χ1n) is 8.86. The number of benzene rings is 2. The Bertz CT molecular complexity index is 819. The number of ether oxygens (including phenoxy) is 1. The number of guanidine groups is 1. The fourth-order valence-electron chi connectivity index (χ4n) is 2.42. The molecule has 0 aliphatic rings. The number of hydrogen-bond donors (Lipinski definition) is 3. The molecule has 0 radical (unpaired) electrons. The highest BCUT2D eigenvalue weighted by molar-refractivity contribution is 5.94. The van der Waals surface area contributed by atoms with Gasteiger partial charge < -0.3 is 20.7 Å². The number of alkyl halides is 3. The second-order valence-electron chi connectivity index (χ2n) is 6.03. The summed E-state index contributed by atoms with van der Waals surface area (Å²) in [6.07, 6.45) is -4.35. The molecule has 9 heteroatoms. The van der Waals surface area contributed by atoms with Crippen molar-refractivity contribution >= 4 is 11.9 Å². The van der Waals surface area contributed by atoms with Gasteiger partial charge >= 0.3 is 6.18 Å². The largest absolute Gasteiger partial charge is 0.497 e. The van der Waals surface area contributed by atoms with E-state index < -0.39 is 11.7 Å². The van der Waals surface area contributed by atoms with Crippen LogP contribution in [-0.4, -0.2) is 39.1 Å². The van der Waals surface area contributed by atoms with Crippen molar-refractivity contribution < 1.29 is 22.7 Å². The highest BCUT2D eigenvalue weighted by atomic mass is 19.4. The summed E-state index contributed by atoms with van der Waals surface area (Å²) in [7, 11) is 3.14. The topological polar surface area (TPSA) is 74.8 Å². The summed E-state index contributed by atoms with van der Waals surface area (Å²) in [6.45, 7) is 1.11. The van der Waals surface area contributed by atoms with Crippen molar-refractivity contribution in [3.63, 3.8) is 0 Å². The van der Waals surface area contributed by atoms with Gasteiger partial charge in [-0.25, -0.2) is 0 Å². The van der Waals surface area contributed by atoms with Crippen LogP contribution in [0.2, 0.25) is 0 Å². The smallest absolute Gasteiger partial charge is 0.416 e. The molecular weight excluding hydrogens is 385 g/mol. The van der Waals surface area contributed by atoms with Crippen LogP contribution >= 0.6 is 0 Å². The minimum atomic E-state index is -4.35. The van der Waals surface area contributed by atoms with E-state index in [1.54, 1.807) is 38.4 Å². The van der Waals surface area contributed by atoms with Crippen molar-refractivity contribution in [2.75, 3.05) is 27.2 Å². The van der Waals surface area contributed by atoms with E-state index in [0.29, 0.717) is 42.5 Å². The number of halogens is 3. The fraction of sp³-hybridized carbons (Fsp3) is 0.300. The SMILES string of the molecule is CN=C(NCCNC(=O)c1ccc(OC)cc1)NCc1ccc(C(F)(F)F)cc1. The van der Waals surface area contributed by atoms with Gasteiger partial charge in [-0.05, 0) is 42.0 Å². The third-order valence-electron chi connectivity index (χ3n) is 4.02. The molecule has 1 amide bonds. The van der Waals surface area contributed by atoms with Crippen LogP contribution in [0.25, 0.3) is 0 Å². The van der Waals surface area contributed by atoms with E-state index in [1.807, 2.05) is 0 Å². The van der Waals surface area contributed by atoms with E-state index in [2.05, 4.69) is 20.9 Å². The molecule has 0 aromatic heterocycles. The molecule has 6 nitrogen and oxygen atoms in total. The first kappa shape index (κ1) is 22.1. The third-order valence-corrected chi connectivity index (χ3v) is 4.02. The third kappa shape index (κ3) is 7.02. The van der Waals surface area contributed by atoms with Crippen molar-refractivity contribution in [2.45, 2.75) is 12.7 Å². The van der Waals surface area contributed by atoms with E-state index in [1.165, 1.54) is 12.1 Å². The molecule has 0 aliphatic carbocycles. The summed E-state index contributed by atoms with van der Waals surface area (Å²) in [5, 5.41) is 8.81. The number of nitrogens with zero attached hydrogens (tertiary/aromatic N) is 1. The molecule has 0 spiro atoms. The summed E-state index contributed by atoms with van der Waals surface area (Å²) < 4.78 is 42.8. The van der Waals surface area contributed by atoms with Gasteiger partial charge in [0.1, 0.15) is 5.75 Å². The summed E-state index contributed by atoms with van der Waals surface area (Å²) >= 11 is 0. The molecule has 0 saturated heterocycles. The fourth-order valence-corrected chi connectivity index (χ4v) is 2.42. The maximum absolute atomic E-state index is 12.6. The van der Waals surface area contributed by atoms with Crippen molar-refractivity contribution in [1.82, 2.24) is 16.0 Å². The van der Waals surface area contributed by atoms with E-state index in [9.17, 15) is 18.0 Å². The zero-order valence-corrected chi connectivity index (χ0v) is 16.1. The Kier molecular flexibility index (Phi) is 7.88. The molecule has 29 heavy (non-hydrogen) atoms. The van der Waals surface area contributed by atoms with Gasteiger partial charge in [0, 0.05) is 32.2 Å². The molecule has 2 aromatic rings. The first-order chi connectivity index (χ1) is 13.8. The average Bonchev–Trinajstić information content (AvgIpc) is 2.72. The van der Waals surface area contributed by atoms with Gasteiger partial charge in [0.2, 0.25) is 0 Å². The van der Waals surface area contributed by atoms with Crippen LogP contribution in [-0.2, 0) is 12.7 Å². The summed E-state index contributed by atoms with van der Waals surface area (Å²) in [5.74, 6) is 0.942. The van der Waals surface area contributed by atoms with Gasteiger partial charge in [-0.1, -0.05) is 12.1 Å². The van der Waals surface area contributed by atoms with E-state index in [0.717, 1.165) is 12.1 Å². The van der Waals surface area contributed by atoms with Crippen LogP contribution < -0.4 is 20.7 Å². The maximum atomic E-state index is 12.6. The van der Waals surface area contributed by atoms with Crippen LogP contribution in [0.1, 0.15) is 21.5 Å². The van der Waals surface area contributed by atoms with Crippen molar-refractivity contribution in [2.24, 2.45) is 4.99 Å². The molecular formula is C20H23F3N4O2. The van der Waals surface area contributed by atoms with E-state index in [-0.39, 0.29) is 5.91 Å². The van der Waals surface area contributed by atoms with Gasteiger partial charge in [-0.15, -0.1) is 0 Å². The zero-order valence-electron chi connectivity index (χ0n) is 16.1. The van der Waals surface area contributed by atoms with Gasteiger partial charge in [0.25, 0.3) is 5.91 Å². The minimum Gasteiger partial charge on any atom is -0.497 e. The normalized spacial score (nSPS) is 11.7. The molecule has 0 bridgehead atoms. The quantitative estimate of drug-likeness (QED) is 0.374. The Morgan fingerprint density at radius 1 is 0.966 bits per heavy atom. The number of hydrogen-bond acceptors (Lipinski definition) is 3. The second-order valence-corrected chi connectivity index (χ2v) is 6.03. The predicted molar refractivity (Wildman–Crippen MR) is 105 cm³/mol. The van der Waals surface area contributed by atoms with Crippen LogP contribution in [0, 0.1) is 0 Å². The van der Waals surface area contributed by atoms with Crippen molar-refractivity contribution in [3.8, 4) is 5.75 Å². The van der Waals surface area contributed by atoms with Gasteiger partial charge in [-0.3, -0.25) is 9.79 Å². The Balaban J connectivity index is 1.72. The Morgan fingerprint density at radius 3 is 2.14 bits per heavy atom. The Labute approximate surface area is 167 Å². The van der Waals surface area contributed by atoms with E-state index >= 15 is 0 Å². The number of aliphatic imine (C=N–C) groups is 1. The lowest BCUT2D eigenvalue weighted by molar-refractivity contribution is -0.137. The number of rotatable bonds is 7. The Hall–Kier alpha value is -3.23. The average molecular weight is 408 g/mol. The van der Waals surface area contributed by atoms with Crippen LogP contribution in [0.3, 0.4) is 0 Å². The van der Waals surface area contributed by atoms with Gasteiger partial charge in [0.05, 0.1) is 12.7 Å². The van der Waals surface area contributed by atoms with Gasteiger partial charge in [0.15, 0.2) is 5.96 Å². The highest BCUT2D eigenvalue weighted by Crippen LogP contribution is 2.29. The lowest BCUT2D eigenvalue weighted by atomic mass is 10.1. The number of methoxy groups -OCH3 is 1. The van der Waals surface area contributed by atoms with Crippen molar-refractivity contribution in [1.29, 1.82) is 0 Å².